The van der Waals surface area contributed by atoms with Crippen LogP contribution in [0.3, 0.4) is 0 Å². The zero-order chi connectivity index (χ0) is 16.6. The van der Waals surface area contributed by atoms with Crippen LogP contribution in [-0.2, 0) is 11.3 Å². The Labute approximate surface area is 134 Å². The normalized spacial score (nSPS) is 27.2. The minimum Gasteiger partial charge on any atom is -0.323 e. The van der Waals surface area contributed by atoms with Crippen LogP contribution >= 0.6 is 0 Å². The van der Waals surface area contributed by atoms with E-state index in [2.05, 4.69) is 5.32 Å². The second-order valence-electron chi connectivity index (χ2n) is 6.36. The van der Waals surface area contributed by atoms with E-state index in [-0.39, 0.29) is 23.9 Å². The maximum Gasteiger partial charge on any atom is 0.325 e. The van der Waals surface area contributed by atoms with Gasteiger partial charge in [0.25, 0.3) is 5.91 Å². The lowest BCUT2D eigenvalue weighted by atomic mass is 9.73. The smallest absolute Gasteiger partial charge is 0.323 e. The van der Waals surface area contributed by atoms with E-state index >= 15 is 0 Å². The summed E-state index contributed by atoms with van der Waals surface area (Å²) in [6.45, 7) is 1.82. The van der Waals surface area contributed by atoms with Crippen LogP contribution in [0.4, 0.5) is 9.18 Å². The summed E-state index contributed by atoms with van der Waals surface area (Å²) in [5, 5.41) is 11.8. The summed E-state index contributed by atoms with van der Waals surface area (Å²) in [5.41, 5.74) is -0.374. The van der Waals surface area contributed by atoms with Gasteiger partial charge in [0.1, 0.15) is 11.4 Å². The molecule has 2 fully saturated rings. The van der Waals surface area contributed by atoms with Crippen molar-refractivity contribution in [2.75, 3.05) is 0 Å². The van der Waals surface area contributed by atoms with Crippen molar-refractivity contribution in [1.29, 1.82) is 5.26 Å². The second-order valence-corrected chi connectivity index (χ2v) is 6.36. The van der Waals surface area contributed by atoms with E-state index in [0.717, 1.165) is 24.2 Å². The minimum absolute atomic E-state index is 0.0630. The van der Waals surface area contributed by atoms with Gasteiger partial charge >= 0.3 is 6.03 Å². The van der Waals surface area contributed by atoms with Gasteiger partial charge in [-0.25, -0.2) is 9.18 Å². The third-order valence-electron chi connectivity index (χ3n) is 5.00. The number of hydrogen-bond donors (Lipinski definition) is 1. The average molecular weight is 315 g/mol. The highest BCUT2D eigenvalue weighted by atomic mass is 19.1. The number of carbonyl (C=O) groups is 2. The molecule has 6 heteroatoms. The van der Waals surface area contributed by atoms with Crippen molar-refractivity contribution >= 4 is 11.9 Å². The van der Waals surface area contributed by atoms with Crippen molar-refractivity contribution in [3.63, 3.8) is 0 Å². The van der Waals surface area contributed by atoms with Crippen molar-refractivity contribution in [2.45, 2.75) is 44.7 Å². The van der Waals surface area contributed by atoms with Gasteiger partial charge in [0.2, 0.25) is 0 Å². The molecule has 0 radical (unpaired) electrons. The van der Waals surface area contributed by atoms with Crippen LogP contribution in [0.25, 0.3) is 0 Å². The molecular formula is C17H18FN3O2. The predicted molar refractivity (Wildman–Crippen MR) is 80.6 cm³/mol. The zero-order valence-electron chi connectivity index (χ0n) is 12.9. The van der Waals surface area contributed by atoms with Crippen LogP contribution in [0.1, 0.15) is 43.7 Å². The molecule has 2 aliphatic rings. The fourth-order valence-electron chi connectivity index (χ4n) is 3.57. The first-order valence-corrected chi connectivity index (χ1v) is 7.80. The Bertz CT molecular complexity index is 712. The number of nitrogens with one attached hydrogen (secondary N) is 1. The minimum atomic E-state index is -0.849. The van der Waals surface area contributed by atoms with Crippen LogP contribution in [0, 0.1) is 23.1 Å². The van der Waals surface area contributed by atoms with Gasteiger partial charge in [0.15, 0.2) is 0 Å². The first kappa shape index (κ1) is 15.5. The molecule has 0 aromatic heterocycles. The van der Waals surface area contributed by atoms with E-state index in [9.17, 15) is 14.0 Å². The number of halogens is 1. The molecule has 1 saturated carbocycles. The van der Waals surface area contributed by atoms with Gasteiger partial charge in [0.05, 0.1) is 18.2 Å². The average Bonchev–Trinajstić information content (AvgIpc) is 2.77. The molecule has 1 aliphatic heterocycles. The number of amides is 3. The van der Waals surface area contributed by atoms with E-state index in [0.29, 0.717) is 12.0 Å². The third kappa shape index (κ3) is 2.46. The molecule has 1 saturated heterocycles. The third-order valence-corrected chi connectivity index (χ3v) is 5.00. The number of rotatable bonds is 2. The number of nitriles is 1. The predicted octanol–water partition coefficient (Wildman–Crippen LogP) is 2.70. The summed E-state index contributed by atoms with van der Waals surface area (Å²) < 4.78 is 13.9. The molecule has 1 aromatic carbocycles. The van der Waals surface area contributed by atoms with Gasteiger partial charge in [-0.3, -0.25) is 9.69 Å². The Morgan fingerprint density at radius 1 is 1.43 bits per heavy atom. The highest BCUT2D eigenvalue weighted by Crippen LogP contribution is 2.38. The van der Waals surface area contributed by atoms with Crippen LogP contribution in [0.5, 0.6) is 0 Å². The molecule has 1 aliphatic carbocycles. The topological polar surface area (TPSA) is 73.2 Å². The van der Waals surface area contributed by atoms with Gasteiger partial charge in [-0.1, -0.05) is 19.8 Å². The van der Waals surface area contributed by atoms with Gasteiger partial charge in [-0.15, -0.1) is 0 Å². The summed E-state index contributed by atoms with van der Waals surface area (Å²) >= 11 is 0. The Hall–Kier alpha value is -2.42. The summed E-state index contributed by atoms with van der Waals surface area (Å²) in [5.74, 6) is -0.744. The Balaban J connectivity index is 1.88. The van der Waals surface area contributed by atoms with Crippen molar-refractivity contribution in [2.24, 2.45) is 5.92 Å². The van der Waals surface area contributed by atoms with E-state index < -0.39 is 17.4 Å². The number of carbonyl (C=O) groups excluding carboxylic acids is 2. The molecule has 120 valence electrons. The van der Waals surface area contributed by atoms with Crippen molar-refractivity contribution in [3.05, 3.63) is 35.1 Å². The molecule has 1 aromatic rings. The van der Waals surface area contributed by atoms with Crippen LogP contribution in [-0.4, -0.2) is 22.4 Å². The van der Waals surface area contributed by atoms with Crippen molar-refractivity contribution in [1.82, 2.24) is 10.2 Å². The standard InChI is InChI=1S/C17H18FN3O2/c1-11-4-2-3-7-17(11)15(22)21(16(23)20-17)10-13-8-12(9-19)5-6-14(13)18/h5-6,8,11H,2-4,7,10H2,1H3,(H,20,23). The monoisotopic (exact) mass is 315 g/mol. The first-order chi connectivity index (χ1) is 11.0. The van der Waals surface area contributed by atoms with Gasteiger partial charge < -0.3 is 5.32 Å². The molecule has 23 heavy (non-hydrogen) atoms. The van der Waals surface area contributed by atoms with Crippen molar-refractivity contribution < 1.29 is 14.0 Å². The number of urea groups is 1. The lowest BCUT2D eigenvalue weighted by molar-refractivity contribution is -0.134. The van der Waals surface area contributed by atoms with Gasteiger partial charge in [0, 0.05) is 5.56 Å². The lowest BCUT2D eigenvalue weighted by Gasteiger charge is -2.36. The fraction of sp³-hybridized carbons (Fsp3) is 0.471. The second kappa shape index (κ2) is 5.65. The highest BCUT2D eigenvalue weighted by Gasteiger charge is 2.54. The fourth-order valence-corrected chi connectivity index (χ4v) is 3.57. The molecule has 0 bridgehead atoms. The van der Waals surface area contributed by atoms with Crippen molar-refractivity contribution in [3.8, 4) is 6.07 Å². The summed E-state index contributed by atoms with van der Waals surface area (Å²) in [6.07, 6.45) is 3.45. The molecule has 1 spiro atoms. The van der Waals surface area contributed by atoms with Crippen LogP contribution in [0.2, 0.25) is 0 Å². The quantitative estimate of drug-likeness (QED) is 0.853. The first-order valence-electron chi connectivity index (χ1n) is 7.80. The van der Waals surface area contributed by atoms with Gasteiger partial charge in [-0.05, 0) is 37.0 Å². The van der Waals surface area contributed by atoms with Crippen LogP contribution in [0.15, 0.2) is 18.2 Å². The molecule has 5 nitrogen and oxygen atoms in total. The Morgan fingerprint density at radius 2 is 2.22 bits per heavy atom. The molecular weight excluding hydrogens is 297 g/mol. The van der Waals surface area contributed by atoms with Crippen LogP contribution < -0.4 is 5.32 Å². The summed E-state index contributed by atoms with van der Waals surface area (Å²) in [4.78, 5) is 26.2. The summed E-state index contributed by atoms with van der Waals surface area (Å²) in [7, 11) is 0. The van der Waals surface area contributed by atoms with Gasteiger partial charge in [-0.2, -0.15) is 5.26 Å². The molecule has 3 amide bonds. The van der Waals surface area contributed by atoms with E-state index in [1.54, 1.807) is 0 Å². The number of nitrogens with zero attached hydrogens (tertiary/aromatic N) is 2. The maximum absolute atomic E-state index is 13.9. The molecule has 1 N–H and O–H groups in total. The summed E-state index contributed by atoms with van der Waals surface area (Å²) in [6, 6.07) is 5.39. The molecule has 1 heterocycles. The largest absolute Gasteiger partial charge is 0.325 e. The van der Waals surface area contributed by atoms with E-state index in [1.165, 1.54) is 18.2 Å². The van der Waals surface area contributed by atoms with E-state index in [4.69, 9.17) is 5.26 Å². The number of imide groups is 1. The lowest BCUT2D eigenvalue weighted by Crippen LogP contribution is -2.53. The molecule has 2 unspecified atom stereocenters. The molecule has 2 atom stereocenters. The number of benzene rings is 1. The Kier molecular flexibility index (Phi) is 3.80. The Morgan fingerprint density at radius 3 is 2.91 bits per heavy atom. The maximum atomic E-state index is 13.9. The highest BCUT2D eigenvalue weighted by molar-refractivity contribution is 6.07. The zero-order valence-corrected chi connectivity index (χ0v) is 12.9. The number of hydrogen-bond acceptors (Lipinski definition) is 3. The SMILES string of the molecule is CC1CCCCC12NC(=O)N(Cc1cc(C#N)ccc1F)C2=O. The molecule has 3 rings (SSSR count). The van der Waals surface area contributed by atoms with E-state index in [1.807, 2.05) is 13.0 Å².